The summed E-state index contributed by atoms with van der Waals surface area (Å²) in [5.74, 6) is -0.619. The lowest BCUT2D eigenvalue weighted by Crippen LogP contribution is -2.55. The molecule has 2 fully saturated rings. The van der Waals surface area contributed by atoms with E-state index in [-0.39, 0.29) is 18.7 Å². The summed E-state index contributed by atoms with van der Waals surface area (Å²) in [7, 11) is 0. The number of aliphatic hydroxyl groups is 1. The molecule has 2 saturated heterocycles. The molecule has 0 aromatic carbocycles. The second-order valence-electron chi connectivity index (χ2n) is 6.07. The summed E-state index contributed by atoms with van der Waals surface area (Å²) in [6.45, 7) is 6.98. The molecule has 1 N–H and O–H groups in total. The largest absolute Gasteiger partial charge is 0.444 e. The number of rotatable bonds is 1. The van der Waals surface area contributed by atoms with Crippen LogP contribution in [0.3, 0.4) is 0 Å². The van der Waals surface area contributed by atoms with Gasteiger partial charge in [-0.15, -0.1) is 0 Å². The SMILES string of the molecule is CC(C)(C)OC(=O)N1CCC2(C[C@@H]1CO)OCCO2. The summed E-state index contributed by atoms with van der Waals surface area (Å²) in [4.78, 5) is 13.7. The topological polar surface area (TPSA) is 68.2 Å². The fourth-order valence-corrected chi connectivity index (χ4v) is 2.53. The first-order chi connectivity index (χ1) is 8.85. The van der Waals surface area contributed by atoms with Gasteiger partial charge < -0.3 is 24.2 Å². The van der Waals surface area contributed by atoms with Crippen LogP contribution in [-0.2, 0) is 14.2 Å². The van der Waals surface area contributed by atoms with Gasteiger partial charge in [-0.05, 0) is 20.8 Å². The van der Waals surface area contributed by atoms with Gasteiger partial charge in [0.1, 0.15) is 5.60 Å². The molecule has 1 spiro atoms. The van der Waals surface area contributed by atoms with Crippen molar-refractivity contribution in [3.05, 3.63) is 0 Å². The Bertz CT molecular complexity index is 332. The average Bonchev–Trinajstić information content (AvgIpc) is 2.75. The monoisotopic (exact) mass is 273 g/mol. The number of piperidine rings is 1. The van der Waals surface area contributed by atoms with E-state index < -0.39 is 11.4 Å². The van der Waals surface area contributed by atoms with Gasteiger partial charge in [-0.3, -0.25) is 0 Å². The molecule has 0 aromatic heterocycles. The van der Waals surface area contributed by atoms with E-state index in [0.29, 0.717) is 32.6 Å². The van der Waals surface area contributed by atoms with Gasteiger partial charge in [-0.1, -0.05) is 0 Å². The van der Waals surface area contributed by atoms with Gasteiger partial charge >= 0.3 is 6.09 Å². The molecule has 1 atom stereocenters. The average molecular weight is 273 g/mol. The number of ether oxygens (including phenoxy) is 3. The second kappa shape index (κ2) is 5.26. The van der Waals surface area contributed by atoms with Crippen LogP contribution in [0, 0.1) is 0 Å². The molecule has 6 nitrogen and oxygen atoms in total. The summed E-state index contributed by atoms with van der Waals surface area (Å²) in [5, 5.41) is 9.49. The quantitative estimate of drug-likeness (QED) is 0.775. The zero-order valence-corrected chi connectivity index (χ0v) is 11.8. The van der Waals surface area contributed by atoms with E-state index in [1.165, 1.54) is 0 Å². The van der Waals surface area contributed by atoms with E-state index in [1.54, 1.807) is 4.90 Å². The van der Waals surface area contributed by atoms with Crippen LogP contribution in [0.1, 0.15) is 33.6 Å². The lowest BCUT2D eigenvalue weighted by Gasteiger charge is -2.42. The van der Waals surface area contributed by atoms with Crippen molar-refractivity contribution in [2.24, 2.45) is 0 Å². The second-order valence-corrected chi connectivity index (χ2v) is 6.07. The predicted octanol–water partition coefficient (Wildman–Crippen LogP) is 1.12. The number of likely N-dealkylation sites (tertiary alicyclic amines) is 1. The molecule has 0 bridgehead atoms. The maximum Gasteiger partial charge on any atom is 0.410 e. The number of hydrogen-bond donors (Lipinski definition) is 1. The minimum absolute atomic E-state index is 0.117. The molecule has 1 amide bonds. The van der Waals surface area contributed by atoms with Crippen molar-refractivity contribution < 1.29 is 24.1 Å². The van der Waals surface area contributed by atoms with E-state index in [2.05, 4.69) is 0 Å². The number of carbonyl (C=O) groups excluding carboxylic acids is 1. The van der Waals surface area contributed by atoms with Crippen LogP contribution >= 0.6 is 0 Å². The molecule has 0 radical (unpaired) electrons. The molecule has 6 heteroatoms. The highest BCUT2D eigenvalue weighted by molar-refractivity contribution is 5.68. The first kappa shape index (κ1) is 14.6. The van der Waals surface area contributed by atoms with Gasteiger partial charge in [0.25, 0.3) is 0 Å². The van der Waals surface area contributed by atoms with Crippen molar-refractivity contribution >= 4 is 6.09 Å². The lowest BCUT2D eigenvalue weighted by atomic mass is 9.96. The maximum absolute atomic E-state index is 12.1. The third kappa shape index (κ3) is 3.38. The van der Waals surface area contributed by atoms with Gasteiger partial charge in [0.05, 0.1) is 25.9 Å². The number of carbonyl (C=O) groups is 1. The Morgan fingerprint density at radius 1 is 1.42 bits per heavy atom. The Hall–Kier alpha value is -0.850. The first-order valence-corrected chi connectivity index (χ1v) is 6.74. The molecule has 0 aromatic rings. The van der Waals surface area contributed by atoms with Gasteiger partial charge in [0, 0.05) is 19.4 Å². The number of amides is 1. The normalized spacial score (nSPS) is 26.7. The summed E-state index contributed by atoms with van der Waals surface area (Å²) >= 11 is 0. The van der Waals surface area contributed by atoms with E-state index in [9.17, 15) is 9.90 Å². The fourth-order valence-electron chi connectivity index (χ4n) is 2.53. The first-order valence-electron chi connectivity index (χ1n) is 6.74. The summed E-state index contributed by atoms with van der Waals surface area (Å²) in [6.07, 6.45) is 0.713. The van der Waals surface area contributed by atoms with Crippen molar-refractivity contribution in [1.29, 1.82) is 0 Å². The molecule has 110 valence electrons. The Morgan fingerprint density at radius 3 is 2.58 bits per heavy atom. The van der Waals surface area contributed by atoms with E-state index >= 15 is 0 Å². The predicted molar refractivity (Wildman–Crippen MR) is 67.7 cm³/mol. The van der Waals surface area contributed by atoms with Crippen LogP contribution in [0.15, 0.2) is 0 Å². The molecule has 19 heavy (non-hydrogen) atoms. The maximum atomic E-state index is 12.1. The highest BCUT2D eigenvalue weighted by Gasteiger charge is 2.46. The molecular weight excluding hydrogens is 250 g/mol. The van der Waals surface area contributed by atoms with Crippen LogP contribution in [0.5, 0.6) is 0 Å². The van der Waals surface area contributed by atoms with Crippen molar-refractivity contribution in [3.8, 4) is 0 Å². The van der Waals surface area contributed by atoms with Gasteiger partial charge in [0.15, 0.2) is 5.79 Å². The molecule has 0 saturated carbocycles. The smallest absolute Gasteiger partial charge is 0.410 e. The van der Waals surface area contributed by atoms with E-state index in [1.807, 2.05) is 20.8 Å². The number of hydrogen-bond acceptors (Lipinski definition) is 5. The highest BCUT2D eigenvalue weighted by atomic mass is 16.7. The van der Waals surface area contributed by atoms with Crippen molar-refractivity contribution in [3.63, 3.8) is 0 Å². The summed E-state index contributed by atoms with van der Waals surface area (Å²) in [6, 6.07) is -0.318. The lowest BCUT2D eigenvalue weighted by molar-refractivity contribution is -0.196. The fraction of sp³-hybridized carbons (Fsp3) is 0.923. The van der Waals surface area contributed by atoms with E-state index in [0.717, 1.165) is 0 Å². The van der Waals surface area contributed by atoms with E-state index in [4.69, 9.17) is 14.2 Å². The van der Waals surface area contributed by atoms with Crippen molar-refractivity contribution in [1.82, 2.24) is 4.90 Å². The standard InChI is InChI=1S/C13H23NO5/c1-12(2,3)19-11(16)14-5-4-13(8-10(14)9-15)17-6-7-18-13/h10,15H,4-9H2,1-3H3/t10-/m1/s1. The Labute approximate surface area is 113 Å². The third-order valence-corrected chi connectivity index (χ3v) is 3.37. The Balaban J connectivity index is 2.01. The van der Waals surface area contributed by atoms with Crippen LogP contribution in [0.4, 0.5) is 4.79 Å². The molecule has 2 heterocycles. The number of aliphatic hydroxyl groups excluding tert-OH is 1. The zero-order chi connectivity index (χ0) is 14.1. The van der Waals surface area contributed by atoms with Gasteiger partial charge in [-0.2, -0.15) is 0 Å². The molecule has 2 aliphatic heterocycles. The van der Waals surface area contributed by atoms with Crippen molar-refractivity contribution in [2.75, 3.05) is 26.4 Å². The zero-order valence-electron chi connectivity index (χ0n) is 11.8. The van der Waals surface area contributed by atoms with Gasteiger partial charge in [-0.25, -0.2) is 4.79 Å². The molecule has 0 unspecified atom stereocenters. The van der Waals surface area contributed by atoms with Crippen LogP contribution in [0.2, 0.25) is 0 Å². The number of nitrogens with zero attached hydrogens (tertiary/aromatic N) is 1. The minimum atomic E-state index is -0.619. The minimum Gasteiger partial charge on any atom is -0.444 e. The summed E-state index contributed by atoms with van der Waals surface area (Å²) < 4.78 is 16.6. The summed E-state index contributed by atoms with van der Waals surface area (Å²) in [5.41, 5.74) is -0.535. The Kier molecular flexibility index (Phi) is 4.03. The van der Waals surface area contributed by atoms with Crippen molar-refractivity contribution in [2.45, 2.75) is 51.0 Å². The third-order valence-electron chi connectivity index (χ3n) is 3.37. The molecule has 2 rings (SSSR count). The molecule has 2 aliphatic rings. The molecule has 0 aliphatic carbocycles. The van der Waals surface area contributed by atoms with Crippen LogP contribution in [0.25, 0.3) is 0 Å². The molecular formula is C13H23NO5. The van der Waals surface area contributed by atoms with Gasteiger partial charge in [0.2, 0.25) is 0 Å². The highest BCUT2D eigenvalue weighted by Crippen LogP contribution is 2.35. The van der Waals surface area contributed by atoms with Crippen LogP contribution in [-0.4, -0.2) is 59.9 Å². The Morgan fingerprint density at radius 2 is 2.05 bits per heavy atom. The van der Waals surface area contributed by atoms with Crippen LogP contribution < -0.4 is 0 Å².